The average Bonchev–Trinajstić information content (AvgIpc) is 3.20. The molecule has 0 aliphatic heterocycles. The van der Waals surface area contributed by atoms with Gasteiger partial charge in [0, 0.05) is 23.7 Å². The van der Waals surface area contributed by atoms with Crippen molar-refractivity contribution in [1.29, 1.82) is 0 Å². The SMILES string of the molecule is COc1cc(Cl)ccc1CN=C(N)N(C)C1CC1.I. The highest BCUT2D eigenvalue weighted by Crippen LogP contribution is 2.26. The molecule has 1 aliphatic rings. The van der Waals surface area contributed by atoms with Gasteiger partial charge < -0.3 is 15.4 Å². The number of benzene rings is 1. The van der Waals surface area contributed by atoms with E-state index in [0.717, 1.165) is 11.3 Å². The summed E-state index contributed by atoms with van der Waals surface area (Å²) in [4.78, 5) is 6.42. The van der Waals surface area contributed by atoms with E-state index in [1.807, 2.05) is 24.1 Å². The molecule has 0 amide bonds. The number of rotatable bonds is 4. The monoisotopic (exact) mass is 395 g/mol. The first-order chi connectivity index (χ1) is 8.61. The van der Waals surface area contributed by atoms with Crippen LogP contribution >= 0.6 is 35.6 Å². The molecule has 6 heteroatoms. The van der Waals surface area contributed by atoms with Gasteiger partial charge in [-0.2, -0.15) is 0 Å². The second-order valence-electron chi connectivity index (χ2n) is 4.47. The fourth-order valence-corrected chi connectivity index (χ4v) is 1.94. The van der Waals surface area contributed by atoms with Crippen molar-refractivity contribution in [2.24, 2.45) is 10.7 Å². The van der Waals surface area contributed by atoms with E-state index >= 15 is 0 Å². The minimum atomic E-state index is 0. The maximum Gasteiger partial charge on any atom is 0.191 e. The molecule has 0 aromatic heterocycles. The summed E-state index contributed by atoms with van der Waals surface area (Å²) < 4.78 is 5.27. The summed E-state index contributed by atoms with van der Waals surface area (Å²) >= 11 is 5.91. The summed E-state index contributed by atoms with van der Waals surface area (Å²) in [6.07, 6.45) is 2.41. The van der Waals surface area contributed by atoms with E-state index < -0.39 is 0 Å². The summed E-state index contributed by atoms with van der Waals surface area (Å²) in [7, 11) is 3.61. The summed E-state index contributed by atoms with van der Waals surface area (Å²) in [6, 6.07) is 6.10. The molecule has 0 unspecified atom stereocenters. The van der Waals surface area contributed by atoms with Gasteiger partial charge in [-0.3, -0.25) is 0 Å². The Morgan fingerprint density at radius 2 is 2.21 bits per heavy atom. The van der Waals surface area contributed by atoms with E-state index in [4.69, 9.17) is 22.1 Å². The van der Waals surface area contributed by atoms with Crippen molar-refractivity contribution in [2.75, 3.05) is 14.2 Å². The second-order valence-corrected chi connectivity index (χ2v) is 4.91. The third kappa shape index (κ3) is 4.42. The van der Waals surface area contributed by atoms with E-state index in [1.54, 1.807) is 13.2 Å². The Morgan fingerprint density at radius 1 is 1.53 bits per heavy atom. The summed E-state index contributed by atoms with van der Waals surface area (Å²) in [5.41, 5.74) is 6.92. The molecule has 106 valence electrons. The first kappa shape index (κ1) is 16.4. The molecule has 2 N–H and O–H groups in total. The predicted octanol–water partition coefficient (Wildman–Crippen LogP) is 2.88. The first-order valence-electron chi connectivity index (χ1n) is 5.97. The van der Waals surface area contributed by atoms with Gasteiger partial charge in [0.25, 0.3) is 0 Å². The molecule has 0 spiro atoms. The van der Waals surface area contributed by atoms with Crippen molar-refractivity contribution >= 4 is 41.5 Å². The Morgan fingerprint density at radius 3 is 2.79 bits per heavy atom. The van der Waals surface area contributed by atoms with Crippen LogP contribution in [0.2, 0.25) is 5.02 Å². The van der Waals surface area contributed by atoms with Crippen molar-refractivity contribution in [3.63, 3.8) is 0 Å². The first-order valence-corrected chi connectivity index (χ1v) is 6.34. The summed E-state index contributed by atoms with van der Waals surface area (Å²) in [6.45, 7) is 0.503. The number of ether oxygens (including phenoxy) is 1. The largest absolute Gasteiger partial charge is 0.496 e. The minimum absolute atomic E-state index is 0. The predicted molar refractivity (Wildman–Crippen MR) is 89.5 cm³/mol. The third-order valence-corrected chi connectivity index (χ3v) is 3.35. The van der Waals surface area contributed by atoms with E-state index in [9.17, 15) is 0 Å². The van der Waals surface area contributed by atoms with Gasteiger partial charge in [0.05, 0.1) is 13.7 Å². The van der Waals surface area contributed by atoms with Crippen LogP contribution in [0, 0.1) is 0 Å². The molecule has 0 saturated heterocycles. The van der Waals surface area contributed by atoms with Crippen molar-refractivity contribution in [3.05, 3.63) is 28.8 Å². The third-order valence-electron chi connectivity index (χ3n) is 3.12. The molecule has 0 atom stereocenters. The number of nitrogens with zero attached hydrogens (tertiary/aromatic N) is 2. The van der Waals surface area contributed by atoms with Crippen LogP contribution in [-0.4, -0.2) is 31.1 Å². The molecule has 0 heterocycles. The van der Waals surface area contributed by atoms with Crippen LogP contribution in [0.1, 0.15) is 18.4 Å². The normalized spacial score (nSPS) is 14.8. The van der Waals surface area contributed by atoms with Crippen molar-refractivity contribution in [3.8, 4) is 5.75 Å². The minimum Gasteiger partial charge on any atom is -0.496 e. The van der Waals surface area contributed by atoms with E-state index in [-0.39, 0.29) is 24.0 Å². The molecule has 0 bridgehead atoms. The molecule has 1 fully saturated rings. The van der Waals surface area contributed by atoms with Crippen LogP contribution < -0.4 is 10.5 Å². The summed E-state index contributed by atoms with van der Waals surface area (Å²) in [5, 5.41) is 0.655. The zero-order valence-electron chi connectivity index (χ0n) is 11.1. The maximum absolute atomic E-state index is 5.94. The smallest absolute Gasteiger partial charge is 0.191 e. The van der Waals surface area contributed by atoms with Gasteiger partial charge in [-0.1, -0.05) is 17.7 Å². The van der Waals surface area contributed by atoms with Crippen molar-refractivity contribution in [1.82, 2.24) is 4.90 Å². The molecule has 1 saturated carbocycles. The Bertz CT molecular complexity index is 463. The van der Waals surface area contributed by atoms with E-state index in [1.165, 1.54) is 12.8 Å². The molecule has 1 aromatic carbocycles. The highest BCUT2D eigenvalue weighted by molar-refractivity contribution is 14.0. The zero-order chi connectivity index (χ0) is 13.1. The molecule has 4 nitrogen and oxygen atoms in total. The number of nitrogens with two attached hydrogens (primary N) is 1. The standard InChI is InChI=1S/C13H18ClN3O.HI/c1-17(11-5-6-11)13(15)16-8-9-3-4-10(14)7-12(9)18-2;/h3-4,7,11H,5-6,8H2,1-2H3,(H2,15,16);1H. The van der Waals surface area contributed by atoms with Crippen LogP contribution in [0.5, 0.6) is 5.75 Å². The lowest BCUT2D eigenvalue weighted by molar-refractivity contribution is 0.409. The lowest BCUT2D eigenvalue weighted by Crippen LogP contribution is -2.35. The van der Waals surface area contributed by atoms with Crippen LogP contribution in [0.25, 0.3) is 0 Å². The number of methoxy groups -OCH3 is 1. The Labute approximate surface area is 136 Å². The Hall–Kier alpha value is -0.690. The van der Waals surface area contributed by atoms with Crippen LogP contribution in [0.3, 0.4) is 0 Å². The van der Waals surface area contributed by atoms with Crippen LogP contribution in [-0.2, 0) is 6.54 Å². The number of hydrogen-bond donors (Lipinski definition) is 1. The van der Waals surface area contributed by atoms with E-state index in [0.29, 0.717) is 23.6 Å². The topological polar surface area (TPSA) is 50.9 Å². The average molecular weight is 396 g/mol. The van der Waals surface area contributed by atoms with Crippen molar-refractivity contribution in [2.45, 2.75) is 25.4 Å². The molecule has 1 aliphatic carbocycles. The van der Waals surface area contributed by atoms with Gasteiger partial charge in [-0.05, 0) is 25.0 Å². The fourth-order valence-electron chi connectivity index (χ4n) is 1.78. The quantitative estimate of drug-likeness (QED) is 0.484. The Kier molecular flexibility index (Phi) is 6.19. The fraction of sp³-hybridized carbons (Fsp3) is 0.462. The molecular weight excluding hydrogens is 377 g/mol. The van der Waals surface area contributed by atoms with Gasteiger partial charge in [0.1, 0.15) is 5.75 Å². The number of aliphatic imine (C=N–C) groups is 1. The number of guanidine groups is 1. The molecule has 19 heavy (non-hydrogen) atoms. The lowest BCUT2D eigenvalue weighted by Gasteiger charge is -2.17. The number of halogens is 2. The highest BCUT2D eigenvalue weighted by atomic mass is 127. The van der Waals surface area contributed by atoms with E-state index in [2.05, 4.69) is 4.99 Å². The van der Waals surface area contributed by atoms with Crippen LogP contribution in [0.4, 0.5) is 0 Å². The zero-order valence-corrected chi connectivity index (χ0v) is 14.2. The van der Waals surface area contributed by atoms with Gasteiger partial charge >= 0.3 is 0 Å². The second kappa shape index (κ2) is 7.19. The highest BCUT2D eigenvalue weighted by Gasteiger charge is 2.27. The lowest BCUT2D eigenvalue weighted by atomic mass is 10.2. The van der Waals surface area contributed by atoms with Crippen molar-refractivity contribution < 1.29 is 4.74 Å². The maximum atomic E-state index is 5.94. The summed E-state index contributed by atoms with van der Waals surface area (Å²) in [5.74, 6) is 1.32. The van der Waals surface area contributed by atoms with Gasteiger partial charge in [-0.25, -0.2) is 4.99 Å². The van der Waals surface area contributed by atoms with Gasteiger partial charge in [0.15, 0.2) is 5.96 Å². The molecule has 0 radical (unpaired) electrons. The molecule has 1 aromatic rings. The molecule has 2 rings (SSSR count). The van der Waals surface area contributed by atoms with Gasteiger partial charge in [0.2, 0.25) is 0 Å². The molecular formula is C13H19ClIN3O. The van der Waals surface area contributed by atoms with Gasteiger partial charge in [-0.15, -0.1) is 24.0 Å². The van der Waals surface area contributed by atoms with Crippen LogP contribution in [0.15, 0.2) is 23.2 Å². The number of hydrogen-bond acceptors (Lipinski definition) is 2. The Balaban J connectivity index is 0.00000180.